The minimum atomic E-state index is -0.566. The van der Waals surface area contributed by atoms with Gasteiger partial charge in [0.1, 0.15) is 0 Å². The van der Waals surface area contributed by atoms with Crippen molar-refractivity contribution in [2.75, 3.05) is 0 Å². The van der Waals surface area contributed by atoms with Crippen LogP contribution in [0.4, 0.5) is 0 Å². The average Bonchev–Trinajstić information content (AvgIpc) is 3.15. The fourth-order valence-electron chi connectivity index (χ4n) is 3.27. The predicted molar refractivity (Wildman–Crippen MR) is 97.1 cm³/mol. The maximum absolute atomic E-state index is 12.2. The number of H-pyrrole nitrogens is 1. The second-order valence-electron chi connectivity index (χ2n) is 6.32. The highest BCUT2D eigenvalue weighted by Crippen LogP contribution is 2.36. The monoisotopic (exact) mass is 333 g/mol. The Balaban J connectivity index is 1.80. The van der Waals surface area contributed by atoms with E-state index in [9.17, 15) is 4.79 Å². The highest BCUT2D eigenvalue weighted by atomic mass is 16.5. The number of aryl methyl sites for hydroxylation is 2. The number of nitrogens with one attached hydrogen (secondary N) is 1. The van der Waals surface area contributed by atoms with Crippen LogP contribution in [0.25, 0.3) is 10.9 Å². The molecule has 1 unspecified atom stereocenters. The molecule has 0 spiro atoms. The van der Waals surface area contributed by atoms with Crippen molar-refractivity contribution < 1.29 is 9.53 Å². The SMILES string of the molecule is CC(=O)N1N=C(c2cccc(C)c2)OC1c1c(C)[nH]c2ccccc12. The quantitative estimate of drug-likeness (QED) is 0.770. The van der Waals surface area contributed by atoms with Crippen LogP contribution in [0.2, 0.25) is 0 Å². The fourth-order valence-corrected chi connectivity index (χ4v) is 3.27. The van der Waals surface area contributed by atoms with Crippen molar-refractivity contribution in [2.24, 2.45) is 5.10 Å². The van der Waals surface area contributed by atoms with Gasteiger partial charge >= 0.3 is 0 Å². The Kier molecular flexibility index (Phi) is 3.57. The number of nitrogens with zero attached hydrogens (tertiary/aromatic N) is 2. The second kappa shape index (κ2) is 5.77. The van der Waals surface area contributed by atoms with Crippen molar-refractivity contribution in [1.82, 2.24) is 9.99 Å². The lowest BCUT2D eigenvalue weighted by Gasteiger charge is -2.19. The normalized spacial score (nSPS) is 16.8. The summed E-state index contributed by atoms with van der Waals surface area (Å²) in [5.41, 5.74) is 4.91. The van der Waals surface area contributed by atoms with E-state index >= 15 is 0 Å². The van der Waals surface area contributed by atoms with Crippen LogP contribution in [0.5, 0.6) is 0 Å². The number of aromatic nitrogens is 1. The van der Waals surface area contributed by atoms with Crippen LogP contribution in [0.1, 0.15) is 35.5 Å². The van der Waals surface area contributed by atoms with Gasteiger partial charge < -0.3 is 9.72 Å². The van der Waals surface area contributed by atoms with Gasteiger partial charge in [-0.05, 0) is 32.0 Å². The number of fused-ring (bicyclic) bond motifs is 1. The molecule has 1 N–H and O–H groups in total. The summed E-state index contributed by atoms with van der Waals surface area (Å²) in [6.07, 6.45) is -0.566. The van der Waals surface area contributed by atoms with Gasteiger partial charge in [-0.15, -0.1) is 5.10 Å². The summed E-state index contributed by atoms with van der Waals surface area (Å²) < 4.78 is 6.14. The van der Waals surface area contributed by atoms with Gasteiger partial charge in [0.15, 0.2) is 0 Å². The molecule has 1 aliphatic rings. The Morgan fingerprint density at radius 1 is 1.16 bits per heavy atom. The van der Waals surface area contributed by atoms with Crippen molar-refractivity contribution in [3.8, 4) is 0 Å². The summed E-state index contributed by atoms with van der Waals surface area (Å²) in [4.78, 5) is 15.5. The molecule has 0 aliphatic carbocycles. The van der Waals surface area contributed by atoms with Gasteiger partial charge in [0.2, 0.25) is 18.0 Å². The zero-order chi connectivity index (χ0) is 17.6. The van der Waals surface area contributed by atoms with E-state index < -0.39 is 6.23 Å². The third-order valence-electron chi connectivity index (χ3n) is 4.42. The van der Waals surface area contributed by atoms with Gasteiger partial charge in [0.25, 0.3) is 0 Å². The highest BCUT2D eigenvalue weighted by molar-refractivity contribution is 5.97. The van der Waals surface area contributed by atoms with Gasteiger partial charge in [-0.2, -0.15) is 5.01 Å². The molecule has 2 aromatic carbocycles. The van der Waals surface area contributed by atoms with Gasteiger partial charge in [-0.3, -0.25) is 4.79 Å². The zero-order valence-electron chi connectivity index (χ0n) is 14.4. The third kappa shape index (κ3) is 2.58. The van der Waals surface area contributed by atoms with Crippen LogP contribution in [0, 0.1) is 13.8 Å². The maximum Gasteiger partial charge on any atom is 0.243 e. The van der Waals surface area contributed by atoms with Crippen molar-refractivity contribution in [2.45, 2.75) is 27.0 Å². The number of aromatic amines is 1. The number of hydrogen-bond acceptors (Lipinski definition) is 3. The number of hydrazone groups is 1. The van der Waals surface area contributed by atoms with E-state index in [-0.39, 0.29) is 5.91 Å². The summed E-state index contributed by atoms with van der Waals surface area (Å²) in [5.74, 6) is 0.311. The molecule has 4 rings (SSSR count). The second-order valence-corrected chi connectivity index (χ2v) is 6.32. The standard InChI is InChI=1S/C20H19N3O2/c1-12-7-6-8-15(11-12)19-22-23(14(3)24)20(25-19)18-13(2)21-17-10-5-4-9-16(17)18/h4-11,20-21H,1-3H3. The number of rotatable bonds is 2. The molecular weight excluding hydrogens is 314 g/mol. The van der Waals surface area contributed by atoms with Crippen molar-refractivity contribution in [1.29, 1.82) is 0 Å². The molecule has 0 bridgehead atoms. The smallest absolute Gasteiger partial charge is 0.243 e. The average molecular weight is 333 g/mol. The Morgan fingerprint density at radius 3 is 2.72 bits per heavy atom. The highest BCUT2D eigenvalue weighted by Gasteiger charge is 2.35. The summed E-state index contributed by atoms with van der Waals surface area (Å²) >= 11 is 0. The lowest BCUT2D eigenvalue weighted by molar-refractivity contribution is -0.135. The number of amides is 1. The molecule has 5 nitrogen and oxygen atoms in total. The van der Waals surface area contributed by atoms with E-state index in [4.69, 9.17) is 4.74 Å². The van der Waals surface area contributed by atoms with E-state index in [0.717, 1.165) is 33.3 Å². The molecule has 0 radical (unpaired) electrons. The van der Waals surface area contributed by atoms with E-state index in [2.05, 4.69) is 10.1 Å². The predicted octanol–water partition coefficient (Wildman–Crippen LogP) is 4.02. The lowest BCUT2D eigenvalue weighted by Crippen LogP contribution is -2.25. The van der Waals surface area contributed by atoms with Crippen molar-refractivity contribution in [3.05, 3.63) is 70.9 Å². The van der Waals surface area contributed by atoms with Crippen LogP contribution in [0.3, 0.4) is 0 Å². The minimum Gasteiger partial charge on any atom is -0.446 e. The number of ether oxygens (including phenoxy) is 1. The van der Waals surface area contributed by atoms with Crippen LogP contribution < -0.4 is 0 Å². The largest absolute Gasteiger partial charge is 0.446 e. The number of hydrogen-bond donors (Lipinski definition) is 1. The van der Waals surface area contributed by atoms with Gasteiger partial charge in [0.05, 0.1) is 0 Å². The van der Waals surface area contributed by atoms with Gasteiger partial charge in [0, 0.05) is 34.6 Å². The van der Waals surface area contributed by atoms with E-state index in [1.807, 2.05) is 62.4 Å². The molecule has 0 saturated carbocycles. The molecule has 1 aromatic heterocycles. The summed E-state index contributed by atoms with van der Waals surface area (Å²) in [6, 6.07) is 15.9. The number of para-hydroxylation sites is 1. The zero-order valence-corrected chi connectivity index (χ0v) is 14.4. The first-order chi connectivity index (χ1) is 12.0. The molecule has 25 heavy (non-hydrogen) atoms. The topological polar surface area (TPSA) is 57.7 Å². The Hall–Kier alpha value is -3.08. The summed E-state index contributed by atoms with van der Waals surface area (Å²) in [7, 11) is 0. The fraction of sp³-hybridized carbons (Fsp3) is 0.200. The molecule has 1 aliphatic heterocycles. The maximum atomic E-state index is 12.2. The van der Waals surface area contributed by atoms with Gasteiger partial charge in [-0.25, -0.2) is 0 Å². The molecule has 126 valence electrons. The number of benzene rings is 2. The van der Waals surface area contributed by atoms with Gasteiger partial charge in [-0.1, -0.05) is 35.9 Å². The number of carbonyl (C=O) groups is 1. The lowest BCUT2D eigenvalue weighted by atomic mass is 10.1. The third-order valence-corrected chi connectivity index (χ3v) is 4.42. The molecular formula is C20H19N3O2. The van der Waals surface area contributed by atoms with Crippen molar-refractivity contribution >= 4 is 22.7 Å². The molecule has 5 heteroatoms. The van der Waals surface area contributed by atoms with E-state index in [0.29, 0.717) is 5.90 Å². The van der Waals surface area contributed by atoms with Crippen LogP contribution in [-0.4, -0.2) is 21.8 Å². The molecule has 1 atom stereocenters. The minimum absolute atomic E-state index is 0.155. The van der Waals surface area contributed by atoms with Crippen LogP contribution in [0.15, 0.2) is 53.6 Å². The first kappa shape index (κ1) is 15.4. The molecule has 0 fully saturated rings. The molecule has 3 aromatic rings. The first-order valence-electron chi connectivity index (χ1n) is 8.24. The van der Waals surface area contributed by atoms with E-state index in [1.165, 1.54) is 11.9 Å². The Labute approximate surface area is 145 Å². The van der Waals surface area contributed by atoms with Crippen LogP contribution >= 0.6 is 0 Å². The van der Waals surface area contributed by atoms with E-state index in [1.54, 1.807) is 0 Å². The van der Waals surface area contributed by atoms with Crippen LogP contribution in [-0.2, 0) is 9.53 Å². The Bertz CT molecular complexity index is 1000. The summed E-state index contributed by atoms with van der Waals surface area (Å²) in [5, 5.41) is 6.90. The first-order valence-corrected chi connectivity index (χ1v) is 8.24. The molecule has 0 saturated heterocycles. The molecule has 1 amide bonds. The van der Waals surface area contributed by atoms with Crippen molar-refractivity contribution in [3.63, 3.8) is 0 Å². The summed E-state index contributed by atoms with van der Waals surface area (Å²) in [6.45, 7) is 5.51. The molecule has 2 heterocycles. The number of carbonyl (C=O) groups excluding carboxylic acids is 1. The Morgan fingerprint density at radius 2 is 1.96 bits per heavy atom.